The number of aliphatic hydroxyl groups excluding tert-OH is 1. The van der Waals surface area contributed by atoms with Crippen molar-refractivity contribution >= 4 is 22.6 Å². The molecule has 0 fully saturated rings. The molecule has 158 valence electrons. The molecule has 2 aromatic carbocycles. The summed E-state index contributed by atoms with van der Waals surface area (Å²) in [6.45, 7) is 0.257. The third-order valence-corrected chi connectivity index (χ3v) is 5.50. The molecule has 2 heterocycles. The second-order valence-corrected chi connectivity index (χ2v) is 7.14. The Hall–Kier alpha value is -3.39. The van der Waals surface area contributed by atoms with Crippen molar-refractivity contribution in [2.75, 3.05) is 33.3 Å². The Kier molecular flexibility index (Phi) is 5.41. The van der Waals surface area contributed by atoms with Gasteiger partial charge in [0.05, 0.1) is 46.2 Å². The summed E-state index contributed by atoms with van der Waals surface area (Å²) in [4.78, 5) is 18.1. The van der Waals surface area contributed by atoms with Crippen molar-refractivity contribution in [3.8, 4) is 17.2 Å². The molecule has 2 amide bonds. The van der Waals surface area contributed by atoms with Gasteiger partial charge in [0, 0.05) is 28.7 Å². The van der Waals surface area contributed by atoms with E-state index in [1.807, 2.05) is 18.2 Å². The van der Waals surface area contributed by atoms with E-state index in [-0.39, 0.29) is 18.7 Å². The van der Waals surface area contributed by atoms with Crippen LogP contribution in [0.3, 0.4) is 0 Å². The van der Waals surface area contributed by atoms with Gasteiger partial charge in [0.25, 0.3) is 0 Å². The molecule has 1 unspecified atom stereocenters. The summed E-state index contributed by atoms with van der Waals surface area (Å²) in [5, 5.41) is 14.0. The monoisotopic (exact) mass is 411 g/mol. The number of ether oxygens (including phenoxy) is 3. The van der Waals surface area contributed by atoms with Crippen molar-refractivity contribution in [1.29, 1.82) is 0 Å². The highest BCUT2D eigenvalue weighted by atomic mass is 16.5. The minimum atomic E-state index is -0.321. The maximum atomic E-state index is 13.1. The van der Waals surface area contributed by atoms with Gasteiger partial charge in [-0.2, -0.15) is 0 Å². The van der Waals surface area contributed by atoms with Crippen LogP contribution in [0.4, 0.5) is 10.5 Å². The van der Waals surface area contributed by atoms with Crippen molar-refractivity contribution in [3.05, 3.63) is 47.7 Å². The molecule has 8 heteroatoms. The van der Waals surface area contributed by atoms with E-state index in [1.165, 1.54) is 21.3 Å². The Bertz CT molecular complexity index is 1050. The summed E-state index contributed by atoms with van der Waals surface area (Å²) in [5.41, 5.74) is 3.68. The van der Waals surface area contributed by atoms with E-state index >= 15 is 0 Å². The Morgan fingerprint density at radius 1 is 1.17 bits per heavy atom. The maximum absolute atomic E-state index is 13.1. The van der Waals surface area contributed by atoms with E-state index in [0.29, 0.717) is 35.9 Å². The molecule has 0 radical (unpaired) electrons. The van der Waals surface area contributed by atoms with Crippen LogP contribution in [0.1, 0.15) is 11.3 Å². The van der Waals surface area contributed by atoms with E-state index in [4.69, 9.17) is 14.2 Å². The van der Waals surface area contributed by atoms with Gasteiger partial charge in [-0.3, -0.25) is 0 Å². The van der Waals surface area contributed by atoms with E-state index in [9.17, 15) is 9.90 Å². The van der Waals surface area contributed by atoms with E-state index < -0.39 is 0 Å². The topological polar surface area (TPSA) is 96.1 Å². The molecule has 1 aliphatic heterocycles. The lowest BCUT2D eigenvalue weighted by atomic mass is 9.97. The molecule has 4 rings (SSSR count). The zero-order valence-electron chi connectivity index (χ0n) is 17.2. The van der Waals surface area contributed by atoms with Gasteiger partial charge in [-0.05, 0) is 18.1 Å². The van der Waals surface area contributed by atoms with E-state index in [0.717, 1.165) is 22.2 Å². The standard InChI is InChI=1S/C22H25N3O5/c1-28-19-8-13(9-20(29-2)21(19)30-3)23-22(27)25-11-18-16(10-14(25)12-26)15-6-4-5-7-17(15)24-18/h4-9,14,24,26H,10-12H2,1-3H3,(H,23,27). The van der Waals surface area contributed by atoms with Gasteiger partial charge in [0.2, 0.25) is 5.75 Å². The quantitative estimate of drug-likeness (QED) is 0.599. The van der Waals surface area contributed by atoms with Crippen molar-refractivity contribution in [1.82, 2.24) is 9.88 Å². The van der Waals surface area contributed by atoms with Crippen molar-refractivity contribution < 1.29 is 24.1 Å². The van der Waals surface area contributed by atoms with Crippen LogP contribution < -0.4 is 19.5 Å². The number of rotatable bonds is 5. The number of aromatic amines is 1. The van der Waals surface area contributed by atoms with Crippen LogP contribution >= 0.6 is 0 Å². The minimum Gasteiger partial charge on any atom is -0.493 e. The number of carbonyl (C=O) groups excluding carboxylic acids is 1. The molecule has 1 aromatic heterocycles. The molecule has 0 spiro atoms. The van der Waals surface area contributed by atoms with Crippen LogP contribution in [0, 0.1) is 0 Å². The fourth-order valence-corrected chi connectivity index (χ4v) is 4.02. The fourth-order valence-electron chi connectivity index (χ4n) is 4.02. The van der Waals surface area contributed by atoms with Crippen LogP contribution in [0.15, 0.2) is 36.4 Å². The molecule has 8 nitrogen and oxygen atoms in total. The average Bonchev–Trinajstić information content (AvgIpc) is 3.14. The fraction of sp³-hybridized carbons (Fsp3) is 0.318. The number of aliphatic hydroxyl groups is 1. The number of benzene rings is 2. The second kappa shape index (κ2) is 8.16. The van der Waals surface area contributed by atoms with Gasteiger partial charge in [-0.1, -0.05) is 18.2 Å². The first-order valence-electron chi connectivity index (χ1n) is 9.66. The number of aromatic nitrogens is 1. The highest BCUT2D eigenvalue weighted by Crippen LogP contribution is 2.40. The average molecular weight is 411 g/mol. The predicted molar refractivity (Wildman–Crippen MR) is 114 cm³/mol. The van der Waals surface area contributed by atoms with Crippen LogP contribution in [0.5, 0.6) is 17.2 Å². The maximum Gasteiger partial charge on any atom is 0.322 e. The van der Waals surface area contributed by atoms with Crippen molar-refractivity contribution in [2.45, 2.75) is 19.0 Å². The SMILES string of the molecule is COc1cc(NC(=O)N2Cc3[nH]c4ccccc4c3CC2CO)cc(OC)c1OC. The summed E-state index contributed by atoms with van der Waals surface area (Å²) in [5.74, 6) is 1.34. The highest BCUT2D eigenvalue weighted by Gasteiger charge is 2.32. The van der Waals surface area contributed by atoms with Gasteiger partial charge in [-0.25, -0.2) is 4.79 Å². The number of anilines is 1. The number of H-pyrrole nitrogens is 1. The Morgan fingerprint density at radius 2 is 1.87 bits per heavy atom. The highest BCUT2D eigenvalue weighted by molar-refractivity contribution is 5.91. The van der Waals surface area contributed by atoms with Crippen molar-refractivity contribution in [3.63, 3.8) is 0 Å². The molecular formula is C22H25N3O5. The summed E-state index contributed by atoms with van der Waals surface area (Å²) >= 11 is 0. The number of fused-ring (bicyclic) bond motifs is 3. The number of nitrogens with zero attached hydrogens (tertiary/aromatic N) is 1. The molecule has 0 bridgehead atoms. The van der Waals surface area contributed by atoms with E-state index in [2.05, 4.69) is 16.4 Å². The molecule has 3 aromatic rings. The Balaban J connectivity index is 1.61. The van der Waals surface area contributed by atoms with Gasteiger partial charge >= 0.3 is 6.03 Å². The lowest BCUT2D eigenvalue weighted by Crippen LogP contribution is -2.48. The zero-order valence-corrected chi connectivity index (χ0v) is 17.2. The van der Waals surface area contributed by atoms with Gasteiger partial charge < -0.3 is 34.5 Å². The molecule has 30 heavy (non-hydrogen) atoms. The molecule has 0 saturated heterocycles. The summed E-state index contributed by atoms with van der Waals surface area (Å²) in [7, 11) is 4.57. The number of amides is 2. The van der Waals surface area contributed by atoms with Gasteiger partial charge in [0.1, 0.15) is 0 Å². The summed E-state index contributed by atoms with van der Waals surface area (Å²) < 4.78 is 16.0. The van der Waals surface area contributed by atoms with Gasteiger partial charge in [0.15, 0.2) is 11.5 Å². The molecule has 1 atom stereocenters. The lowest BCUT2D eigenvalue weighted by molar-refractivity contribution is 0.129. The predicted octanol–water partition coefficient (Wildman–Crippen LogP) is 3.14. The van der Waals surface area contributed by atoms with Crippen LogP contribution in [-0.4, -0.2) is 55.0 Å². The minimum absolute atomic E-state index is 0.123. The van der Waals surface area contributed by atoms with Crippen molar-refractivity contribution in [2.24, 2.45) is 0 Å². The number of methoxy groups -OCH3 is 3. The van der Waals surface area contributed by atoms with Gasteiger partial charge in [-0.15, -0.1) is 0 Å². The van der Waals surface area contributed by atoms with Crippen LogP contribution in [0.2, 0.25) is 0 Å². The van der Waals surface area contributed by atoms with Crippen LogP contribution in [-0.2, 0) is 13.0 Å². The first-order chi connectivity index (χ1) is 14.6. The summed E-state index contributed by atoms with van der Waals surface area (Å²) in [6.07, 6.45) is 0.582. The number of para-hydroxylation sites is 1. The number of nitrogens with one attached hydrogen (secondary N) is 2. The third-order valence-electron chi connectivity index (χ3n) is 5.50. The molecule has 3 N–H and O–H groups in total. The first-order valence-corrected chi connectivity index (χ1v) is 9.66. The normalized spacial score (nSPS) is 15.6. The first kappa shape index (κ1) is 19.9. The van der Waals surface area contributed by atoms with E-state index in [1.54, 1.807) is 17.0 Å². The third kappa shape index (κ3) is 3.39. The number of hydrogen-bond acceptors (Lipinski definition) is 5. The second-order valence-electron chi connectivity index (χ2n) is 7.14. The molecule has 1 aliphatic rings. The number of urea groups is 1. The molecule has 0 saturated carbocycles. The summed E-state index contributed by atoms with van der Waals surface area (Å²) in [6, 6.07) is 10.8. The lowest BCUT2D eigenvalue weighted by Gasteiger charge is -2.34. The molecule has 0 aliphatic carbocycles. The Labute approximate surface area is 174 Å². The number of hydrogen-bond donors (Lipinski definition) is 3. The van der Waals surface area contributed by atoms with Crippen LogP contribution in [0.25, 0.3) is 10.9 Å². The zero-order chi connectivity index (χ0) is 21.3. The number of carbonyl (C=O) groups is 1. The largest absolute Gasteiger partial charge is 0.493 e. The smallest absolute Gasteiger partial charge is 0.322 e. The molecular weight excluding hydrogens is 386 g/mol. The Morgan fingerprint density at radius 3 is 2.50 bits per heavy atom.